The van der Waals surface area contributed by atoms with Crippen molar-refractivity contribution in [1.29, 1.82) is 0 Å². The molecule has 2 heterocycles. The van der Waals surface area contributed by atoms with Crippen LogP contribution >= 0.6 is 0 Å². The van der Waals surface area contributed by atoms with Gasteiger partial charge in [-0.25, -0.2) is 0 Å². The number of methoxy groups -OCH3 is 3. The van der Waals surface area contributed by atoms with Crippen molar-refractivity contribution in [1.82, 2.24) is 0 Å². The van der Waals surface area contributed by atoms with E-state index in [2.05, 4.69) is 0 Å². The number of Topliss-reactive ketones (excluding diaryl/α,β-unsaturated/α-hetero) is 1. The van der Waals surface area contributed by atoms with Gasteiger partial charge in [0, 0.05) is 23.1 Å². The van der Waals surface area contributed by atoms with Crippen LogP contribution in [0.5, 0.6) is 23.0 Å². The molecule has 1 aliphatic heterocycles. The van der Waals surface area contributed by atoms with Gasteiger partial charge in [-0.3, -0.25) is 4.79 Å². The summed E-state index contributed by atoms with van der Waals surface area (Å²) in [6, 6.07) is 8.87. The maximum absolute atomic E-state index is 13.2. The number of benzene rings is 2. The smallest absolute Gasteiger partial charge is 0.177 e. The van der Waals surface area contributed by atoms with Crippen LogP contribution in [0.1, 0.15) is 21.8 Å². The highest BCUT2D eigenvalue weighted by molar-refractivity contribution is 6.07. The summed E-state index contributed by atoms with van der Waals surface area (Å²) in [6.45, 7) is 0.212. The van der Waals surface area contributed by atoms with Crippen molar-refractivity contribution in [3.8, 4) is 23.0 Å². The molecular formula is C20H18O6. The number of furan rings is 1. The van der Waals surface area contributed by atoms with Gasteiger partial charge in [0.25, 0.3) is 0 Å². The van der Waals surface area contributed by atoms with Gasteiger partial charge >= 0.3 is 0 Å². The second-order valence-corrected chi connectivity index (χ2v) is 5.98. The van der Waals surface area contributed by atoms with E-state index >= 15 is 0 Å². The van der Waals surface area contributed by atoms with Gasteiger partial charge in [0.1, 0.15) is 23.7 Å². The van der Waals surface area contributed by atoms with Crippen molar-refractivity contribution in [2.75, 3.05) is 27.9 Å². The standard InChI is InChI=1S/C20H18O6/c1-22-16-9-19(24-3)18(23-2)7-12(16)14-10-26-17-8-15-11(4-5-25-15)6-13(17)20(14)21/h4-9,14H,10H2,1-3H3. The Morgan fingerprint density at radius 1 is 0.962 bits per heavy atom. The predicted molar refractivity (Wildman–Crippen MR) is 94.9 cm³/mol. The molecule has 0 saturated heterocycles. The monoisotopic (exact) mass is 354 g/mol. The zero-order valence-corrected chi connectivity index (χ0v) is 14.7. The van der Waals surface area contributed by atoms with Crippen molar-refractivity contribution in [2.45, 2.75) is 5.92 Å². The van der Waals surface area contributed by atoms with Crippen LogP contribution in [0.4, 0.5) is 0 Å². The predicted octanol–water partition coefficient (Wildman–Crippen LogP) is 3.82. The molecule has 26 heavy (non-hydrogen) atoms. The first-order valence-electron chi connectivity index (χ1n) is 8.14. The second-order valence-electron chi connectivity index (χ2n) is 5.98. The van der Waals surface area contributed by atoms with Gasteiger partial charge < -0.3 is 23.4 Å². The molecule has 1 aromatic heterocycles. The van der Waals surface area contributed by atoms with Crippen LogP contribution in [-0.4, -0.2) is 33.7 Å². The Bertz CT molecular complexity index is 987. The molecular weight excluding hydrogens is 336 g/mol. The normalized spacial score (nSPS) is 16.1. The molecule has 0 N–H and O–H groups in total. The molecule has 0 fully saturated rings. The van der Waals surface area contributed by atoms with E-state index in [-0.39, 0.29) is 12.4 Å². The van der Waals surface area contributed by atoms with Crippen molar-refractivity contribution < 1.29 is 28.2 Å². The minimum Gasteiger partial charge on any atom is -0.496 e. The largest absolute Gasteiger partial charge is 0.496 e. The number of ketones is 1. The molecule has 0 amide bonds. The van der Waals surface area contributed by atoms with Gasteiger partial charge in [-0.1, -0.05) is 0 Å². The summed E-state index contributed by atoms with van der Waals surface area (Å²) in [7, 11) is 4.67. The lowest BCUT2D eigenvalue weighted by atomic mass is 9.87. The number of ether oxygens (including phenoxy) is 4. The summed E-state index contributed by atoms with van der Waals surface area (Å²) >= 11 is 0. The van der Waals surface area contributed by atoms with E-state index in [0.29, 0.717) is 39.7 Å². The highest BCUT2D eigenvalue weighted by atomic mass is 16.5. The van der Waals surface area contributed by atoms with Crippen molar-refractivity contribution in [2.24, 2.45) is 0 Å². The summed E-state index contributed by atoms with van der Waals surface area (Å²) in [5.41, 5.74) is 1.93. The van der Waals surface area contributed by atoms with E-state index in [1.165, 1.54) is 0 Å². The highest BCUT2D eigenvalue weighted by Gasteiger charge is 2.33. The van der Waals surface area contributed by atoms with Gasteiger partial charge in [-0.05, 0) is 18.2 Å². The summed E-state index contributed by atoms with van der Waals surface area (Å²) in [6.07, 6.45) is 1.59. The van der Waals surface area contributed by atoms with E-state index in [1.807, 2.05) is 6.07 Å². The lowest BCUT2D eigenvalue weighted by molar-refractivity contribution is 0.0894. The third-order valence-corrected chi connectivity index (χ3v) is 4.65. The topological polar surface area (TPSA) is 67.1 Å². The Morgan fingerprint density at radius 3 is 2.42 bits per heavy atom. The number of hydrogen-bond donors (Lipinski definition) is 0. The van der Waals surface area contributed by atoms with Crippen molar-refractivity contribution in [3.05, 3.63) is 47.7 Å². The second kappa shape index (κ2) is 6.29. The molecule has 0 aliphatic carbocycles. The molecule has 6 heteroatoms. The molecule has 1 unspecified atom stereocenters. The molecule has 1 atom stereocenters. The van der Waals surface area contributed by atoms with Gasteiger partial charge in [0.05, 0.1) is 39.1 Å². The first-order chi connectivity index (χ1) is 12.7. The molecule has 0 spiro atoms. The van der Waals surface area contributed by atoms with Gasteiger partial charge in [0.2, 0.25) is 0 Å². The van der Waals surface area contributed by atoms with Crippen LogP contribution in [0, 0.1) is 0 Å². The number of carbonyl (C=O) groups is 1. The van der Waals surface area contributed by atoms with Crippen LogP contribution in [0.2, 0.25) is 0 Å². The number of fused-ring (bicyclic) bond motifs is 2. The molecule has 1 aliphatic rings. The zero-order valence-electron chi connectivity index (χ0n) is 14.7. The average molecular weight is 354 g/mol. The third-order valence-electron chi connectivity index (χ3n) is 4.65. The molecule has 134 valence electrons. The lowest BCUT2D eigenvalue weighted by Crippen LogP contribution is -2.26. The third kappa shape index (κ3) is 2.45. The van der Waals surface area contributed by atoms with E-state index in [1.54, 1.807) is 51.9 Å². The molecule has 2 aromatic carbocycles. The SMILES string of the molecule is COc1cc(OC)c(C2COc3cc4occc4cc3C2=O)cc1OC. The summed E-state index contributed by atoms with van der Waals surface area (Å²) in [5.74, 6) is 1.64. The molecule has 0 radical (unpaired) electrons. The van der Waals surface area contributed by atoms with Crippen molar-refractivity contribution in [3.63, 3.8) is 0 Å². The van der Waals surface area contributed by atoms with E-state index in [0.717, 1.165) is 5.39 Å². The zero-order chi connectivity index (χ0) is 18.3. The van der Waals surface area contributed by atoms with Gasteiger partial charge in [0.15, 0.2) is 17.3 Å². The minimum absolute atomic E-state index is 0.0279. The Morgan fingerprint density at radius 2 is 1.69 bits per heavy atom. The first-order valence-corrected chi connectivity index (χ1v) is 8.14. The van der Waals surface area contributed by atoms with Crippen LogP contribution in [-0.2, 0) is 0 Å². The fourth-order valence-corrected chi connectivity index (χ4v) is 3.30. The van der Waals surface area contributed by atoms with E-state index in [9.17, 15) is 4.79 Å². The number of hydrogen-bond acceptors (Lipinski definition) is 6. The average Bonchev–Trinajstić information content (AvgIpc) is 3.13. The van der Waals surface area contributed by atoms with Gasteiger partial charge in [-0.2, -0.15) is 0 Å². The number of carbonyl (C=O) groups excluding carboxylic acids is 1. The van der Waals surface area contributed by atoms with Crippen LogP contribution in [0.15, 0.2) is 41.0 Å². The molecule has 6 nitrogen and oxygen atoms in total. The lowest BCUT2D eigenvalue weighted by Gasteiger charge is -2.26. The summed E-state index contributed by atoms with van der Waals surface area (Å²) < 4.78 is 27.4. The Balaban J connectivity index is 1.80. The van der Waals surface area contributed by atoms with Crippen molar-refractivity contribution >= 4 is 16.8 Å². The Hall–Kier alpha value is -3.15. The molecule has 0 bridgehead atoms. The first kappa shape index (κ1) is 16.3. The fourth-order valence-electron chi connectivity index (χ4n) is 3.30. The maximum atomic E-state index is 13.2. The van der Waals surface area contributed by atoms with Crippen LogP contribution < -0.4 is 18.9 Å². The quantitative estimate of drug-likeness (QED) is 0.710. The fraction of sp³-hybridized carbons (Fsp3) is 0.250. The van der Waals surface area contributed by atoms with Crippen LogP contribution in [0.25, 0.3) is 11.0 Å². The van der Waals surface area contributed by atoms with E-state index < -0.39 is 5.92 Å². The summed E-state index contributed by atoms with van der Waals surface area (Å²) in [4.78, 5) is 13.2. The highest BCUT2D eigenvalue weighted by Crippen LogP contribution is 2.42. The Labute approximate surface area is 150 Å². The molecule has 4 rings (SSSR count). The minimum atomic E-state index is -0.499. The van der Waals surface area contributed by atoms with Crippen LogP contribution in [0.3, 0.4) is 0 Å². The number of rotatable bonds is 4. The Kier molecular flexibility index (Phi) is 3.95. The molecule has 0 saturated carbocycles. The van der Waals surface area contributed by atoms with Gasteiger partial charge in [-0.15, -0.1) is 0 Å². The maximum Gasteiger partial charge on any atom is 0.177 e. The van der Waals surface area contributed by atoms with E-state index in [4.69, 9.17) is 23.4 Å². The summed E-state index contributed by atoms with van der Waals surface area (Å²) in [5, 5.41) is 0.862. The molecule has 3 aromatic rings.